The Labute approximate surface area is 264 Å². The van der Waals surface area contributed by atoms with Crippen molar-refractivity contribution in [3.05, 3.63) is 120 Å². The third kappa shape index (κ3) is 6.25. The van der Waals surface area contributed by atoms with Crippen LogP contribution in [0.25, 0.3) is 16.9 Å². The number of nitrogens with zero attached hydrogens (tertiary/aromatic N) is 4. The molecule has 0 spiro atoms. The predicted molar refractivity (Wildman–Crippen MR) is 171 cm³/mol. The second-order valence-electron chi connectivity index (χ2n) is 10.2. The third-order valence-corrected chi connectivity index (χ3v) is 8.66. The third-order valence-electron chi connectivity index (χ3n) is 7.42. The summed E-state index contributed by atoms with van der Waals surface area (Å²) in [6.07, 6.45) is 1.66. The van der Waals surface area contributed by atoms with E-state index in [4.69, 9.17) is 14.6 Å². The van der Waals surface area contributed by atoms with Crippen molar-refractivity contribution in [3.8, 4) is 28.4 Å². The fraction of sp³-hybridized carbons (Fsp3) is 0.176. The predicted octanol–water partition coefficient (Wildman–Crippen LogP) is 5.58. The van der Waals surface area contributed by atoms with Crippen LogP contribution in [-0.2, 0) is 16.1 Å². The molecule has 0 radical (unpaired) electrons. The van der Waals surface area contributed by atoms with Gasteiger partial charge in [0.15, 0.2) is 0 Å². The topological polar surface area (TPSA) is 98.6 Å². The number of rotatable bonds is 9. The van der Waals surface area contributed by atoms with Crippen molar-refractivity contribution in [2.45, 2.75) is 11.8 Å². The molecule has 2 amide bonds. The highest BCUT2D eigenvalue weighted by molar-refractivity contribution is 8.00. The molecule has 0 saturated carbocycles. The highest BCUT2D eigenvalue weighted by Crippen LogP contribution is 2.51. The van der Waals surface area contributed by atoms with E-state index in [0.29, 0.717) is 40.0 Å². The fourth-order valence-corrected chi connectivity index (χ4v) is 6.48. The number of anilines is 1. The molecule has 0 aliphatic carbocycles. The summed E-state index contributed by atoms with van der Waals surface area (Å²) in [6.45, 7) is -0.0538. The Kier molecular flexibility index (Phi) is 8.79. The second-order valence-corrected chi connectivity index (χ2v) is 11.3. The van der Waals surface area contributed by atoms with Crippen LogP contribution < -0.4 is 19.7 Å². The zero-order valence-corrected chi connectivity index (χ0v) is 25.5. The molecule has 11 heteroatoms. The van der Waals surface area contributed by atoms with Gasteiger partial charge in [-0.1, -0.05) is 36.4 Å². The number of benzene rings is 3. The molecule has 3 heterocycles. The van der Waals surface area contributed by atoms with Crippen LogP contribution in [-0.4, -0.2) is 53.1 Å². The smallest absolute Gasteiger partial charge is 0.240 e. The van der Waals surface area contributed by atoms with Crippen molar-refractivity contribution in [1.82, 2.24) is 20.1 Å². The molecule has 0 unspecified atom stereocenters. The van der Waals surface area contributed by atoms with E-state index in [2.05, 4.69) is 10.3 Å². The maximum absolute atomic E-state index is 14.1. The van der Waals surface area contributed by atoms with Crippen molar-refractivity contribution in [1.29, 1.82) is 0 Å². The maximum Gasteiger partial charge on any atom is 0.240 e. The van der Waals surface area contributed by atoms with Crippen LogP contribution in [0.1, 0.15) is 22.1 Å². The van der Waals surface area contributed by atoms with Crippen LogP contribution in [0.4, 0.5) is 10.2 Å². The van der Waals surface area contributed by atoms with E-state index in [0.717, 1.165) is 11.1 Å². The van der Waals surface area contributed by atoms with Gasteiger partial charge in [-0.25, -0.2) is 9.07 Å². The van der Waals surface area contributed by atoms with Gasteiger partial charge in [-0.15, -0.1) is 11.8 Å². The van der Waals surface area contributed by atoms with Crippen molar-refractivity contribution in [2.75, 3.05) is 31.4 Å². The number of hydrogen-bond donors (Lipinski definition) is 1. The Hall–Kier alpha value is -5.16. The highest BCUT2D eigenvalue weighted by atomic mass is 32.2. The Balaban J connectivity index is 1.55. The lowest BCUT2D eigenvalue weighted by atomic mass is 9.98. The number of carbonyl (C=O) groups is 2. The fourth-order valence-electron chi connectivity index (χ4n) is 5.27. The van der Waals surface area contributed by atoms with Gasteiger partial charge in [0.25, 0.3) is 0 Å². The molecule has 228 valence electrons. The summed E-state index contributed by atoms with van der Waals surface area (Å²) < 4.78 is 27.0. The first kappa shape index (κ1) is 29.9. The molecule has 0 saturated heterocycles. The van der Waals surface area contributed by atoms with E-state index >= 15 is 0 Å². The monoisotopic (exact) mass is 623 g/mol. The Morgan fingerprint density at radius 1 is 1.00 bits per heavy atom. The molecule has 0 fully saturated rings. The summed E-state index contributed by atoms with van der Waals surface area (Å²) in [7, 11) is 3.19. The van der Waals surface area contributed by atoms with Gasteiger partial charge in [0, 0.05) is 22.9 Å². The second kappa shape index (κ2) is 13.2. The zero-order valence-electron chi connectivity index (χ0n) is 24.6. The van der Waals surface area contributed by atoms with Gasteiger partial charge in [0.1, 0.15) is 29.7 Å². The van der Waals surface area contributed by atoms with Crippen LogP contribution in [0.15, 0.2) is 97.2 Å². The van der Waals surface area contributed by atoms with Crippen LogP contribution in [0.3, 0.4) is 0 Å². The van der Waals surface area contributed by atoms with Crippen molar-refractivity contribution < 1.29 is 23.5 Å². The number of fused-ring (bicyclic) bond motifs is 1. The first-order valence-corrected chi connectivity index (χ1v) is 15.3. The summed E-state index contributed by atoms with van der Waals surface area (Å²) in [4.78, 5) is 33.1. The maximum atomic E-state index is 14.1. The van der Waals surface area contributed by atoms with Crippen LogP contribution in [0, 0.1) is 5.82 Å². The Morgan fingerprint density at radius 3 is 2.49 bits per heavy atom. The number of halogens is 1. The SMILES string of the molecule is COc1ccc(OC)c([C@H]2SCC(=O)N(CC(=O)NCc3ccccn3)c3c2c(-c2ccccc2)nn3-c2ccc(F)cc2)c1. The minimum atomic E-state index is -0.444. The van der Waals surface area contributed by atoms with Gasteiger partial charge in [-0.2, -0.15) is 5.10 Å². The van der Waals surface area contributed by atoms with Gasteiger partial charge in [-0.3, -0.25) is 19.5 Å². The molecular weight excluding hydrogens is 593 g/mol. The molecule has 1 aliphatic heterocycles. The molecular formula is C34H30FN5O4S. The number of ether oxygens (including phenoxy) is 2. The summed E-state index contributed by atoms with van der Waals surface area (Å²) >= 11 is 1.42. The standard InChI is InChI=1S/C34H30FN5O4S/c1-43-26-15-16-28(44-2)27(18-26)33-31-32(22-8-4-3-5-9-22)38-40(25-13-11-23(35)12-14-25)34(31)39(30(42)21-45-33)20-29(41)37-19-24-10-6-7-17-36-24/h3-18,33H,19-21H2,1-2H3,(H,37,41)/t33-/m1/s1. The average molecular weight is 624 g/mol. The number of amides is 2. The van der Waals surface area contributed by atoms with Crippen molar-refractivity contribution in [3.63, 3.8) is 0 Å². The first-order valence-electron chi connectivity index (χ1n) is 14.2. The minimum Gasteiger partial charge on any atom is -0.497 e. The van der Waals surface area contributed by atoms with Crippen molar-refractivity contribution >= 4 is 29.4 Å². The van der Waals surface area contributed by atoms with E-state index in [1.807, 2.05) is 60.7 Å². The Bertz CT molecular complexity index is 1820. The number of hydrogen-bond acceptors (Lipinski definition) is 7. The number of thioether (sulfide) groups is 1. The van der Waals surface area contributed by atoms with Gasteiger partial charge < -0.3 is 14.8 Å². The molecule has 1 N–H and O–H groups in total. The molecule has 45 heavy (non-hydrogen) atoms. The number of pyridine rings is 1. The zero-order chi connectivity index (χ0) is 31.3. The Morgan fingerprint density at radius 2 is 1.78 bits per heavy atom. The molecule has 2 aromatic heterocycles. The van der Waals surface area contributed by atoms with Crippen LogP contribution in [0.2, 0.25) is 0 Å². The van der Waals surface area contributed by atoms with Gasteiger partial charge >= 0.3 is 0 Å². The normalized spacial score (nSPS) is 14.4. The van der Waals surface area contributed by atoms with Gasteiger partial charge in [-0.05, 0) is 54.6 Å². The lowest BCUT2D eigenvalue weighted by Gasteiger charge is -2.23. The molecule has 9 nitrogen and oxygen atoms in total. The average Bonchev–Trinajstić information content (AvgIpc) is 3.41. The number of methoxy groups -OCH3 is 2. The molecule has 0 bridgehead atoms. The largest absolute Gasteiger partial charge is 0.497 e. The number of carbonyl (C=O) groups excluding carboxylic acids is 2. The highest BCUT2D eigenvalue weighted by Gasteiger charge is 2.38. The van der Waals surface area contributed by atoms with Gasteiger partial charge in [0.05, 0.1) is 48.8 Å². The summed E-state index contributed by atoms with van der Waals surface area (Å²) in [5.41, 5.74) is 4.16. The number of aromatic nitrogens is 3. The molecule has 6 rings (SSSR count). The lowest BCUT2D eigenvalue weighted by molar-refractivity contribution is -0.123. The first-order chi connectivity index (χ1) is 22.0. The van der Waals surface area contributed by atoms with E-state index in [1.165, 1.54) is 28.8 Å². The number of nitrogens with one attached hydrogen (secondary N) is 1. The van der Waals surface area contributed by atoms with Crippen LogP contribution in [0.5, 0.6) is 11.5 Å². The quantitative estimate of drug-likeness (QED) is 0.229. The van der Waals surface area contributed by atoms with Crippen molar-refractivity contribution in [2.24, 2.45) is 0 Å². The summed E-state index contributed by atoms with van der Waals surface area (Å²) in [5, 5.41) is 7.47. The van der Waals surface area contributed by atoms with E-state index in [1.54, 1.807) is 43.3 Å². The molecule has 3 aromatic carbocycles. The van der Waals surface area contributed by atoms with E-state index in [-0.39, 0.29) is 30.7 Å². The van der Waals surface area contributed by atoms with Gasteiger partial charge in [0.2, 0.25) is 11.8 Å². The molecule has 1 aliphatic rings. The minimum absolute atomic E-state index is 0.0743. The van der Waals surface area contributed by atoms with E-state index in [9.17, 15) is 14.0 Å². The lowest BCUT2D eigenvalue weighted by Crippen LogP contribution is -2.42. The van der Waals surface area contributed by atoms with Crippen LogP contribution >= 0.6 is 11.8 Å². The van der Waals surface area contributed by atoms with E-state index < -0.39 is 11.1 Å². The summed E-state index contributed by atoms with van der Waals surface area (Å²) in [5.74, 6) is 0.681. The molecule has 1 atom stereocenters. The summed E-state index contributed by atoms with van der Waals surface area (Å²) in [6, 6.07) is 26.5. The molecule has 5 aromatic rings.